The lowest BCUT2D eigenvalue weighted by molar-refractivity contribution is 0.220. The zero-order chi connectivity index (χ0) is 14.7. The van der Waals surface area contributed by atoms with E-state index in [1.165, 1.54) is 12.0 Å². The highest BCUT2D eigenvalue weighted by molar-refractivity contribution is 5.14. The molecule has 1 aromatic heterocycles. The van der Waals surface area contributed by atoms with E-state index in [-0.39, 0.29) is 0 Å². The Morgan fingerprint density at radius 1 is 1.29 bits per heavy atom. The molecule has 1 aromatic carbocycles. The van der Waals surface area contributed by atoms with Crippen LogP contribution in [0.2, 0.25) is 0 Å². The Labute approximate surface area is 125 Å². The molecule has 1 fully saturated rings. The zero-order valence-corrected chi connectivity index (χ0v) is 12.7. The summed E-state index contributed by atoms with van der Waals surface area (Å²) in [6, 6.07) is 11.3. The lowest BCUT2D eigenvalue weighted by atomic mass is 10.1. The Hall–Kier alpha value is -1.79. The van der Waals surface area contributed by atoms with Gasteiger partial charge in [0.25, 0.3) is 0 Å². The number of benzene rings is 1. The number of likely N-dealkylation sites (N-methyl/N-ethyl adjacent to an activating group) is 1. The van der Waals surface area contributed by atoms with Gasteiger partial charge in [-0.25, -0.2) is 4.68 Å². The van der Waals surface area contributed by atoms with Gasteiger partial charge in [-0.3, -0.25) is 9.80 Å². The first-order chi connectivity index (χ1) is 10.2. The maximum atomic E-state index is 4.06. The number of hydrogen-bond acceptors (Lipinski definition) is 5. The average molecular weight is 286 g/mol. The van der Waals surface area contributed by atoms with Crippen LogP contribution >= 0.6 is 0 Å². The third-order valence-electron chi connectivity index (χ3n) is 4.22. The summed E-state index contributed by atoms with van der Waals surface area (Å²) < 4.78 is 1.75. The summed E-state index contributed by atoms with van der Waals surface area (Å²) in [6.07, 6.45) is 1.20. The van der Waals surface area contributed by atoms with Crippen molar-refractivity contribution >= 4 is 0 Å². The number of tetrazole rings is 1. The highest BCUT2D eigenvalue weighted by atomic mass is 15.5. The average Bonchev–Trinajstić information content (AvgIpc) is 3.11. The largest absolute Gasteiger partial charge is 0.298 e. The topological polar surface area (TPSA) is 50.1 Å². The lowest BCUT2D eigenvalue weighted by Crippen LogP contribution is -2.34. The standard InChI is InChI=1S/C15H22N6/c1-19(10-13-6-4-3-5-7-13)14-8-9-21(11-14)12-15-16-17-18-20(15)2/h3-7,14H,8-12H2,1-2H3. The van der Waals surface area contributed by atoms with Gasteiger partial charge in [0.05, 0.1) is 6.54 Å². The van der Waals surface area contributed by atoms with Crippen LogP contribution in [0.5, 0.6) is 0 Å². The van der Waals surface area contributed by atoms with E-state index in [2.05, 4.69) is 62.7 Å². The Morgan fingerprint density at radius 3 is 2.81 bits per heavy atom. The molecule has 2 heterocycles. The molecule has 0 amide bonds. The van der Waals surface area contributed by atoms with Gasteiger partial charge in [-0.15, -0.1) is 5.10 Å². The molecule has 0 aliphatic carbocycles. The molecule has 0 spiro atoms. The molecule has 1 aliphatic rings. The smallest absolute Gasteiger partial charge is 0.164 e. The fraction of sp³-hybridized carbons (Fsp3) is 0.533. The monoisotopic (exact) mass is 286 g/mol. The van der Waals surface area contributed by atoms with E-state index in [9.17, 15) is 0 Å². The molecule has 2 aromatic rings. The van der Waals surface area contributed by atoms with Crippen molar-refractivity contribution < 1.29 is 0 Å². The van der Waals surface area contributed by atoms with Crippen LogP contribution in [0.3, 0.4) is 0 Å². The van der Waals surface area contributed by atoms with Gasteiger partial charge in [0.15, 0.2) is 5.82 Å². The molecule has 1 saturated heterocycles. The van der Waals surface area contributed by atoms with Crippen LogP contribution in [0.4, 0.5) is 0 Å². The molecule has 0 saturated carbocycles. The Morgan fingerprint density at radius 2 is 2.10 bits per heavy atom. The fourth-order valence-corrected chi connectivity index (χ4v) is 2.90. The predicted molar refractivity (Wildman–Crippen MR) is 80.4 cm³/mol. The van der Waals surface area contributed by atoms with E-state index in [0.29, 0.717) is 6.04 Å². The van der Waals surface area contributed by atoms with Crippen molar-refractivity contribution in [3.8, 4) is 0 Å². The first-order valence-corrected chi connectivity index (χ1v) is 7.40. The van der Waals surface area contributed by atoms with Crippen LogP contribution in [-0.4, -0.2) is 56.2 Å². The maximum absolute atomic E-state index is 4.06. The molecule has 0 radical (unpaired) electrons. The van der Waals surface area contributed by atoms with Gasteiger partial charge in [-0.2, -0.15) is 0 Å². The van der Waals surface area contributed by atoms with Crippen LogP contribution in [0.1, 0.15) is 17.8 Å². The van der Waals surface area contributed by atoms with Gasteiger partial charge in [0.1, 0.15) is 0 Å². The zero-order valence-electron chi connectivity index (χ0n) is 12.7. The van der Waals surface area contributed by atoms with Crippen LogP contribution in [-0.2, 0) is 20.1 Å². The van der Waals surface area contributed by atoms with Crippen LogP contribution in [0.15, 0.2) is 30.3 Å². The number of aromatic nitrogens is 4. The fourth-order valence-electron chi connectivity index (χ4n) is 2.90. The lowest BCUT2D eigenvalue weighted by Gasteiger charge is -2.24. The van der Waals surface area contributed by atoms with Gasteiger partial charge in [-0.05, 0) is 29.5 Å². The molecule has 1 atom stereocenters. The summed E-state index contributed by atoms with van der Waals surface area (Å²) in [6.45, 7) is 4.02. The SMILES string of the molecule is CN(Cc1ccccc1)C1CCN(Cc2nnnn2C)C1. The quantitative estimate of drug-likeness (QED) is 0.818. The Balaban J connectivity index is 1.53. The van der Waals surface area contributed by atoms with Crippen LogP contribution < -0.4 is 0 Å². The van der Waals surface area contributed by atoms with Gasteiger partial charge in [0, 0.05) is 32.7 Å². The molecule has 6 heteroatoms. The minimum absolute atomic E-state index is 0.603. The molecule has 6 nitrogen and oxygen atoms in total. The maximum Gasteiger partial charge on any atom is 0.164 e. The summed E-state index contributed by atoms with van der Waals surface area (Å²) >= 11 is 0. The minimum atomic E-state index is 0.603. The summed E-state index contributed by atoms with van der Waals surface area (Å²) in [7, 11) is 4.11. The highest BCUT2D eigenvalue weighted by Gasteiger charge is 2.26. The number of nitrogens with zero attached hydrogens (tertiary/aromatic N) is 6. The molecule has 0 bridgehead atoms. The van der Waals surface area contributed by atoms with Gasteiger partial charge in [0.2, 0.25) is 0 Å². The van der Waals surface area contributed by atoms with E-state index in [0.717, 1.165) is 32.0 Å². The van der Waals surface area contributed by atoms with E-state index in [4.69, 9.17) is 0 Å². The van der Waals surface area contributed by atoms with Crippen molar-refractivity contribution in [2.24, 2.45) is 7.05 Å². The number of rotatable bonds is 5. The third kappa shape index (κ3) is 3.46. The number of aryl methyl sites for hydroxylation is 1. The van der Waals surface area contributed by atoms with Crippen molar-refractivity contribution in [1.29, 1.82) is 0 Å². The molecular formula is C15H22N6. The van der Waals surface area contributed by atoms with E-state index < -0.39 is 0 Å². The van der Waals surface area contributed by atoms with E-state index in [1.54, 1.807) is 4.68 Å². The predicted octanol–water partition coefficient (Wildman–Crippen LogP) is 0.916. The Bertz CT molecular complexity index is 567. The van der Waals surface area contributed by atoms with Crippen molar-refractivity contribution in [2.75, 3.05) is 20.1 Å². The summed E-state index contributed by atoms with van der Waals surface area (Å²) in [4.78, 5) is 4.88. The second kappa shape index (κ2) is 6.32. The molecule has 1 unspecified atom stereocenters. The molecule has 21 heavy (non-hydrogen) atoms. The van der Waals surface area contributed by atoms with Crippen LogP contribution in [0, 0.1) is 0 Å². The van der Waals surface area contributed by atoms with E-state index >= 15 is 0 Å². The van der Waals surface area contributed by atoms with Gasteiger partial charge in [-0.1, -0.05) is 30.3 Å². The van der Waals surface area contributed by atoms with Crippen molar-refractivity contribution in [2.45, 2.75) is 25.6 Å². The highest BCUT2D eigenvalue weighted by Crippen LogP contribution is 2.18. The first-order valence-electron chi connectivity index (χ1n) is 7.40. The summed E-state index contributed by atoms with van der Waals surface area (Å²) in [5, 5.41) is 11.7. The summed E-state index contributed by atoms with van der Waals surface area (Å²) in [5.74, 6) is 0.932. The van der Waals surface area contributed by atoms with Crippen molar-refractivity contribution in [1.82, 2.24) is 30.0 Å². The molecule has 0 N–H and O–H groups in total. The molecule has 3 rings (SSSR count). The molecule has 112 valence electrons. The number of hydrogen-bond donors (Lipinski definition) is 0. The summed E-state index contributed by atoms with van der Waals surface area (Å²) in [5.41, 5.74) is 1.37. The number of likely N-dealkylation sites (tertiary alicyclic amines) is 1. The second-order valence-electron chi connectivity index (χ2n) is 5.80. The van der Waals surface area contributed by atoms with E-state index in [1.807, 2.05) is 7.05 Å². The van der Waals surface area contributed by atoms with Gasteiger partial charge < -0.3 is 0 Å². The first kappa shape index (κ1) is 14.2. The second-order valence-corrected chi connectivity index (χ2v) is 5.80. The van der Waals surface area contributed by atoms with Crippen molar-refractivity contribution in [3.05, 3.63) is 41.7 Å². The third-order valence-corrected chi connectivity index (χ3v) is 4.22. The molecule has 1 aliphatic heterocycles. The van der Waals surface area contributed by atoms with Gasteiger partial charge >= 0.3 is 0 Å². The van der Waals surface area contributed by atoms with Crippen LogP contribution in [0.25, 0.3) is 0 Å². The Kier molecular flexibility index (Phi) is 4.26. The normalized spacial score (nSPS) is 19.5. The van der Waals surface area contributed by atoms with Crippen molar-refractivity contribution in [3.63, 3.8) is 0 Å². The molecular weight excluding hydrogens is 264 g/mol. The minimum Gasteiger partial charge on any atom is -0.298 e.